The van der Waals surface area contributed by atoms with E-state index in [-0.39, 0.29) is 36.5 Å². The molecule has 3 rings (SSSR count). The van der Waals surface area contributed by atoms with Gasteiger partial charge in [-0.2, -0.15) is 0 Å². The van der Waals surface area contributed by atoms with E-state index >= 15 is 0 Å². The zero-order chi connectivity index (χ0) is 18.0. The fraction of sp³-hybridized carbons (Fsp3) is 0.0556. The first-order chi connectivity index (χ1) is 12.0. The van der Waals surface area contributed by atoms with Crippen LogP contribution in [0.4, 0.5) is 0 Å². The molecule has 0 aliphatic rings. The van der Waals surface area contributed by atoms with Crippen LogP contribution >= 0.6 is 24.8 Å². The second-order valence-electron chi connectivity index (χ2n) is 5.40. The third-order valence-electron chi connectivity index (χ3n) is 3.75. The van der Waals surface area contributed by atoms with Crippen molar-refractivity contribution in [1.82, 2.24) is 5.16 Å². The van der Waals surface area contributed by atoms with E-state index < -0.39 is 0 Å². The molecule has 1 heterocycles. The SMILES string of the molecule is COc1ccc(C(=N)N)cc1-c1cc(-c2cccc(C(=N)N)c2)on1.Cl.Cl. The lowest BCUT2D eigenvalue weighted by Crippen LogP contribution is -2.11. The lowest BCUT2D eigenvalue weighted by Gasteiger charge is -2.07. The Kier molecular flexibility index (Phi) is 7.39. The smallest absolute Gasteiger partial charge is 0.167 e. The van der Waals surface area contributed by atoms with Gasteiger partial charge >= 0.3 is 0 Å². The molecule has 0 radical (unpaired) electrons. The number of nitrogens with zero attached hydrogens (tertiary/aromatic N) is 1. The lowest BCUT2D eigenvalue weighted by molar-refractivity contribution is 0.413. The number of hydrogen-bond acceptors (Lipinski definition) is 5. The molecule has 0 aliphatic carbocycles. The van der Waals surface area contributed by atoms with Gasteiger partial charge in [0.1, 0.15) is 23.1 Å². The second-order valence-corrected chi connectivity index (χ2v) is 5.40. The van der Waals surface area contributed by atoms with E-state index in [9.17, 15) is 0 Å². The molecule has 2 aromatic carbocycles. The van der Waals surface area contributed by atoms with E-state index in [1.165, 1.54) is 0 Å². The summed E-state index contributed by atoms with van der Waals surface area (Å²) < 4.78 is 10.8. The van der Waals surface area contributed by atoms with Crippen LogP contribution in [0.1, 0.15) is 11.1 Å². The van der Waals surface area contributed by atoms with Crippen LogP contribution in [0.2, 0.25) is 0 Å². The van der Waals surface area contributed by atoms with Crippen molar-refractivity contribution < 1.29 is 9.26 Å². The molecule has 3 aromatic rings. The normalized spacial score (nSPS) is 9.67. The van der Waals surface area contributed by atoms with Crippen molar-refractivity contribution in [2.75, 3.05) is 7.11 Å². The molecule has 0 spiro atoms. The first kappa shape index (κ1) is 22.0. The van der Waals surface area contributed by atoms with Gasteiger partial charge in [0.2, 0.25) is 0 Å². The lowest BCUT2D eigenvalue weighted by atomic mass is 10.0. The number of halogens is 2. The summed E-state index contributed by atoms with van der Waals surface area (Å²) in [5, 5.41) is 19.2. The van der Waals surface area contributed by atoms with E-state index in [0.29, 0.717) is 33.9 Å². The van der Waals surface area contributed by atoms with Crippen molar-refractivity contribution in [3.05, 3.63) is 59.7 Å². The van der Waals surface area contributed by atoms with Gasteiger partial charge in [0, 0.05) is 28.3 Å². The van der Waals surface area contributed by atoms with Gasteiger partial charge in [-0.25, -0.2) is 0 Å². The van der Waals surface area contributed by atoms with E-state index in [0.717, 1.165) is 5.56 Å². The predicted octanol–water partition coefficient (Wildman–Crippen LogP) is 3.43. The Labute approximate surface area is 168 Å². The highest BCUT2D eigenvalue weighted by Crippen LogP contribution is 2.33. The van der Waals surface area contributed by atoms with Gasteiger partial charge in [-0.3, -0.25) is 10.8 Å². The van der Waals surface area contributed by atoms with Crippen LogP contribution in [0, 0.1) is 10.8 Å². The number of hydrogen-bond donors (Lipinski definition) is 4. The van der Waals surface area contributed by atoms with Crippen LogP contribution in [0.15, 0.2) is 53.1 Å². The molecule has 142 valence electrons. The topological polar surface area (TPSA) is 135 Å². The van der Waals surface area contributed by atoms with Crippen molar-refractivity contribution in [2.45, 2.75) is 0 Å². The largest absolute Gasteiger partial charge is 0.496 e. The number of aromatic nitrogens is 1. The highest BCUT2D eigenvalue weighted by Gasteiger charge is 2.14. The van der Waals surface area contributed by atoms with Crippen molar-refractivity contribution in [3.8, 4) is 28.3 Å². The van der Waals surface area contributed by atoms with E-state index in [2.05, 4.69) is 5.16 Å². The Morgan fingerprint density at radius 2 is 1.63 bits per heavy atom. The standard InChI is InChI=1S/C18H17N5O2.2ClH/c1-24-15-6-5-12(18(21)22)8-13(15)14-9-16(25-23-14)10-3-2-4-11(7-10)17(19)20;;/h2-9H,1H3,(H3,19,20)(H3,21,22);2*1H. The molecule has 7 nitrogen and oxygen atoms in total. The molecular formula is C18H19Cl2N5O2. The average Bonchev–Trinajstić information content (AvgIpc) is 3.11. The maximum atomic E-state index is 7.59. The third-order valence-corrected chi connectivity index (χ3v) is 3.75. The first-order valence-corrected chi connectivity index (χ1v) is 7.44. The van der Waals surface area contributed by atoms with Crippen molar-refractivity contribution >= 4 is 36.5 Å². The van der Waals surface area contributed by atoms with E-state index in [4.69, 9.17) is 31.5 Å². The van der Waals surface area contributed by atoms with Gasteiger partial charge in [0.15, 0.2) is 5.76 Å². The summed E-state index contributed by atoms with van der Waals surface area (Å²) in [4.78, 5) is 0. The molecule has 1 aromatic heterocycles. The summed E-state index contributed by atoms with van der Waals surface area (Å²) in [5.74, 6) is 1.08. The van der Waals surface area contributed by atoms with Crippen LogP contribution < -0.4 is 16.2 Å². The number of methoxy groups -OCH3 is 1. The summed E-state index contributed by atoms with van der Waals surface area (Å²) in [6.07, 6.45) is 0. The van der Waals surface area contributed by atoms with Crippen molar-refractivity contribution in [3.63, 3.8) is 0 Å². The minimum absolute atomic E-state index is 0. The zero-order valence-corrected chi connectivity index (χ0v) is 16.0. The molecule has 9 heteroatoms. The fourth-order valence-corrected chi connectivity index (χ4v) is 2.45. The molecule has 0 aliphatic heterocycles. The quantitative estimate of drug-likeness (QED) is 0.379. The van der Waals surface area contributed by atoms with Crippen molar-refractivity contribution in [2.24, 2.45) is 11.5 Å². The van der Waals surface area contributed by atoms with Crippen LogP contribution in [-0.2, 0) is 0 Å². The van der Waals surface area contributed by atoms with Gasteiger partial charge < -0.3 is 20.7 Å². The highest BCUT2D eigenvalue weighted by molar-refractivity contribution is 5.97. The Morgan fingerprint density at radius 3 is 2.26 bits per heavy atom. The van der Waals surface area contributed by atoms with Crippen molar-refractivity contribution in [1.29, 1.82) is 10.8 Å². The molecule has 0 atom stereocenters. The van der Waals surface area contributed by atoms with E-state index in [1.807, 2.05) is 6.07 Å². The third kappa shape index (κ3) is 4.58. The fourth-order valence-electron chi connectivity index (χ4n) is 2.45. The number of nitrogens with two attached hydrogens (primary N) is 2. The Bertz CT molecular complexity index is 972. The number of nitrogens with one attached hydrogen (secondary N) is 2. The van der Waals surface area contributed by atoms with Gasteiger partial charge in [0.05, 0.1) is 7.11 Å². The summed E-state index contributed by atoms with van der Waals surface area (Å²) >= 11 is 0. The minimum Gasteiger partial charge on any atom is -0.496 e. The molecule has 27 heavy (non-hydrogen) atoms. The Balaban J connectivity index is 0.00000182. The molecule has 0 fully saturated rings. The predicted molar refractivity (Wildman–Crippen MR) is 110 cm³/mol. The molecule has 0 saturated heterocycles. The Morgan fingerprint density at radius 1 is 0.963 bits per heavy atom. The first-order valence-electron chi connectivity index (χ1n) is 7.44. The number of rotatable bonds is 5. The van der Waals surface area contributed by atoms with Crippen LogP contribution in [-0.4, -0.2) is 23.9 Å². The molecule has 0 unspecified atom stereocenters. The second kappa shape index (κ2) is 9.07. The van der Waals surface area contributed by atoms with Gasteiger partial charge in [-0.1, -0.05) is 23.4 Å². The average molecular weight is 408 g/mol. The maximum Gasteiger partial charge on any atom is 0.167 e. The number of nitrogen functional groups attached to an aromatic ring is 2. The summed E-state index contributed by atoms with van der Waals surface area (Å²) in [6.45, 7) is 0. The van der Waals surface area contributed by atoms with E-state index in [1.54, 1.807) is 49.6 Å². The number of benzene rings is 2. The molecular weight excluding hydrogens is 389 g/mol. The molecule has 0 saturated carbocycles. The molecule has 0 bridgehead atoms. The highest BCUT2D eigenvalue weighted by atomic mass is 35.5. The van der Waals surface area contributed by atoms with Gasteiger partial charge in [-0.05, 0) is 24.3 Å². The maximum absolute atomic E-state index is 7.59. The minimum atomic E-state index is -0.0400. The number of amidine groups is 2. The molecule has 0 amide bonds. The van der Waals surface area contributed by atoms with Crippen LogP contribution in [0.25, 0.3) is 22.6 Å². The Hall–Kier alpha value is -3.03. The summed E-state index contributed by atoms with van der Waals surface area (Å²) in [7, 11) is 1.56. The summed E-state index contributed by atoms with van der Waals surface area (Å²) in [6, 6.07) is 14.1. The molecule has 6 N–H and O–H groups in total. The van der Waals surface area contributed by atoms with Crippen LogP contribution in [0.3, 0.4) is 0 Å². The monoisotopic (exact) mass is 407 g/mol. The summed E-state index contributed by atoms with van der Waals surface area (Å²) in [5.41, 5.74) is 14.3. The van der Waals surface area contributed by atoms with Gasteiger partial charge in [0.25, 0.3) is 0 Å². The number of ether oxygens (including phenoxy) is 1. The van der Waals surface area contributed by atoms with Crippen LogP contribution in [0.5, 0.6) is 5.75 Å². The zero-order valence-electron chi connectivity index (χ0n) is 14.4. The van der Waals surface area contributed by atoms with Gasteiger partial charge in [-0.15, -0.1) is 24.8 Å².